The van der Waals surface area contributed by atoms with E-state index in [4.69, 9.17) is 20.4 Å². The number of amides is 1. The number of carbonyl (C=O) groups is 1. The minimum atomic E-state index is -0.401. The highest BCUT2D eigenvalue weighted by Gasteiger charge is 2.22. The van der Waals surface area contributed by atoms with Crippen molar-refractivity contribution in [1.82, 2.24) is 9.80 Å². The van der Waals surface area contributed by atoms with Gasteiger partial charge in [0.1, 0.15) is 23.1 Å². The molecule has 0 aliphatic rings. The van der Waals surface area contributed by atoms with Crippen LogP contribution in [0.15, 0.2) is 87.9 Å². The predicted octanol–water partition coefficient (Wildman–Crippen LogP) is 6.25. The molecule has 2 heterocycles. The fraction of sp³-hybridized carbons (Fsp3) is 0.250. The topological polar surface area (TPSA) is 49.8 Å². The van der Waals surface area contributed by atoms with Crippen molar-refractivity contribution >= 4 is 17.5 Å². The standard InChI is InChI=1S/C28H28ClFN2O3/c1-21-12-13-24(35-21)18-32(15-14-22-7-3-2-4-8-22)28(33)20-31(17-23-9-6-16-34-23)19-25-26(29)10-5-11-27(25)30/h2-13,16H,14-15,17-20H2,1H3. The van der Waals surface area contributed by atoms with Crippen molar-refractivity contribution in [2.75, 3.05) is 13.1 Å². The van der Waals surface area contributed by atoms with Gasteiger partial charge < -0.3 is 13.7 Å². The first kappa shape index (κ1) is 24.8. The highest BCUT2D eigenvalue weighted by molar-refractivity contribution is 6.31. The molecule has 5 nitrogen and oxygen atoms in total. The zero-order valence-corrected chi connectivity index (χ0v) is 20.4. The molecule has 0 saturated heterocycles. The van der Waals surface area contributed by atoms with Crippen LogP contribution in [0.3, 0.4) is 0 Å². The van der Waals surface area contributed by atoms with Crippen LogP contribution in [0, 0.1) is 12.7 Å². The van der Waals surface area contributed by atoms with Crippen LogP contribution in [0.1, 0.15) is 28.4 Å². The second-order valence-electron chi connectivity index (χ2n) is 8.49. The minimum Gasteiger partial charge on any atom is -0.468 e. The van der Waals surface area contributed by atoms with Crippen molar-refractivity contribution in [2.45, 2.75) is 33.0 Å². The van der Waals surface area contributed by atoms with Gasteiger partial charge in [-0.2, -0.15) is 0 Å². The van der Waals surface area contributed by atoms with Crippen LogP contribution < -0.4 is 0 Å². The second-order valence-corrected chi connectivity index (χ2v) is 8.90. The molecule has 0 saturated carbocycles. The van der Waals surface area contributed by atoms with Crippen molar-refractivity contribution in [3.63, 3.8) is 0 Å². The van der Waals surface area contributed by atoms with Gasteiger partial charge in [0.2, 0.25) is 5.91 Å². The zero-order valence-electron chi connectivity index (χ0n) is 19.6. The number of benzene rings is 2. The lowest BCUT2D eigenvalue weighted by molar-refractivity contribution is -0.133. The Balaban J connectivity index is 1.53. The third kappa shape index (κ3) is 7.07. The summed E-state index contributed by atoms with van der Waals surface area (Å²) >= 11 is 6.28. The third-order valence-electron chi connectivity index (χ3n) is 5.77. The van der Waals surface area contributed by atoms with Crippen LogP contribution in [0.5, 0.6) is 0 Å². The lowest BCUT2D eigenvalue weighted by atomic mass is 10.1. The van der Waals surface area contributed by atoms with Crippen LogP contribution >= 0.6 is 11.6 Å². The molecule has 0 aliphatic heterocycles. The van der Waals surface area contributed by atoms with Gasteiger partial charge in [-0.25, -0.2) is 4.39 Å². The van der Waals surface area contributed by atoms with E-state index in [-0.39, 0.29) is 19.0 Å². The Morgan fingerprint density at radius 1 is 0.914 bits per heavy atom. The first-order valence-corrected chi connectivity index (χ1v) is 11.9. The molecular formula is C28H28ClFN2O3. The molecule has 0 atom stereocenters. The molecule has 4 rings (SSSR count). The lowest BCUT2D eigenvalue weighted by Gasteiger charge is -2.27. The summed E-state index contributed by atoms with van der Waals surface area (Å²) in [6.45, 7) is 3.34. The van der Waals surface area contributed by atoms with Gasteiger partial charge in [0.25, 0.3) is 0 Å². The van der Waals surface area contributed by atoms with Crippen LogP contribution in [-0.2, 0) is 30.8 Å². The molecule has 0 spiro atoms. The molecule has 0 aliphatic carbocycles. The van der Waals surface area contributed by atoms with E-state index in [9.17, 15) is 9.18 Å². The number of halogens is 2. The fourth-order valence-corrected chi connectivity index (χ4v) is 4.17. The van der Waals surface area contributed by atoms with E-state index in [1.54, 1.807) is 29.4 Å². The Morgan fingerprint density at radius 3 is 2.43 bits per heavy atom. The van der Waals surface area contributed by atoms with Crippen molar-refractivity contribution in [1.29, 1.82) is 0 Å². The van der Waals surface area contributed by atoms with E-state index in [2.05, 4.69) is 0 Å². The Labute approximate surface area is 209 Å². The number of rotatable bonds is 11. The van der Waals surface area contributed by atoms with Gasteiger partial charge in [0, 0.05) is 23.7 Å². The van der Waals surface area contributed by atoms with E-state index in [1.165, 1.54) is 6.07 Å². The average molecular weight is 495 g/mol. The highest BCUT2D eigenvalue weighted by atomic mass is 35.5. The fourth-order valence-electron chi connectivity index (χ4n) is 3.95. The molecule has 0 fully saturated rings. The molecule has 0 bridgehead atoms. The van der Waals surface area contributed by atoms with Gasteiger partial charge in [-0.1, -0.05) is 48.0 Å². The maximum Gasteiger partial charge on any atom is 0.237 e. The first-order valence-electron chi connectivity index (χ1n) is 11.5. The number of aryl methyl sites for hydroxylation is 1. The van der Waals surface area contributed by atoms with Gasteiger partial charge in [-0.3, -0.25) is 9.69 Å². The van der Waals surface area contributed by atoms with E-state index in [1.807, 2.05) is 60.4 Å². The summed E-state index contributed by atoms with van der Waals surface area (Å²) in [6, 6.07) is 22.0. The minimum absolute atomic E-state index is 0.0693. The molecule has 2 aromatic heterocycles. The van der Waals surface area contributed by atoms with Crippen LogP contribution in [0.4, 0.5) is 4.39 Å². The highest BCUT2D eigenvalue weighted by Crippen LogP contribution is 2.22. The van der Waals surface area contributed by atoms with E-state index >= 15 is 0 Å². The number of furan rings is 2. The first-order chi connectivity index (χ1) is 17.0. The summed E-state index contributed by atoms with van der Waals surface area (Å²) in [6.07, 6.45) is 2.29. The average Bonchev–Trinajstić information content (AvgIpc) is 3.51. The van der Waals surface area contributed by atoms with Crippen molar-refractivity contribution in [3.8, 4) is 0 Å². The van der Waals surface area contributed by atoms with Gasteiger partial charge >= 0.3 is 0 Å². The summed E-state index contributed by atoms with van der Waals surface area (Å²) < 4.78 is 25.8. The molecule has 0 unspecified atom stereocenters. The van der Waals surface area contributed by atoms with E-state index in [0.717, 1.165) is 17.1 Å². The monoisotopic (exact) mass is 494 g/mol. The van der Waals surface area contributed by atoms with E-state index in [0.29, 0.717) is 42.4 Å². The van der Waals surface area contributed by atoms with Crippen LogP contribution in [0.25, 0.3) is 0 Å². The molecule has 0 radical (unpaired) electrons. The van der Waals surface area contributed by atoms with Gasteiger partial charge in [0.05, 0.1) is 25.9 Å². The van der Waals surface area contributed by atoms with Crippen molar-refractivity contribution in [2.24, 2.45) is 0 Å². The quantitative estimate of drug-likeness (QED) is 0.247. The summed E-state index contributed by atoms with van der Waals surface area (Å²) in [5.41, 5.74) is 1.50. The Kier molecular flexibility index (Phi) is 8.40. The molecule has 1 amide bonds. The van der Waals surface area contributed by atoms with Crippen LogP contribution in [-0.4, -0.2) is 28.8 Å². The number of nitrogens with zero attached hydrogens (tertiary/aromatic N) is 2. The van der Waals surface area contributed by atoms with Crippen molar-refractivity contribution < 1.29 is 18.0 Å². The van der Waals surface area contributed by atoms with Gasteiger partial charge in [0.15, 0.2) is 0 Å². The summed E-state index contributed by atoms with van der Waals surface area (Å²) in [7, 11) is 0. The smallest absolute Gasteiger partial charge is 0.237 e. The summed E-state index contributed by atoms with van der Waals surface area (Å²) in [4.78, 5) is 17.2. The molecule has 7 heteroatoms. The summed E-state index contributed by atoms with van der Waals surface area (Å²) in [5.74, 6) is 1.71. The predicted molar refractivity (Wildman–Crippen MR) is 133 cm³/mol. The molecule has 0 N–H and O–H groups in total. The normalized spacial score (nSPS) is 11.2. The molecule has 4 aromatic rings. The Hall–Kier alpha value is -3.35. The summed E-state index contributed by atoms with van der Waals surface area (Å²) in [5, 5.41) is 0.328. The Bertz CT molecular complexity index is 1200. The second kappa shape index (κ2) is 11.9. The molecule has 182 valence electrons. The lowest BCUT2D eigenvalue weighted by Crippen LogP contribution is -2.40. The van der Waals surface area contributed by atoms with Crippen molar-refractivity contribution in [3.05, 3.63) is 118 Å². The maximum atomic E-state index is 14.5. The largest absolute Gasteiger partial charge is 0.468 e. The number of hydrogen-bond acceptors (Lipinski definition) is 4. The molecular weight excluding hydrogens is 467 g/mol. The SMILES string of the molecule is Cc1ccc(CN(CCc2ccccc2)C(=O)CN(Cc2ccco2)Cc2c(F)cccc2Cl)o1. The number of carbonyl (C=O) groups excluding carboxylic acids is 1. The Morgan fingerprint density at radius 2 is 1.74 bits per heavy atom. The number of hydrogen-bond donors (Lipinski definition) is 0. The van der Waals surface area contributed by atoms with Gasteiger partial charge in [-0.05, 0) is 55.3 Å². The maximum absolute atomic E-state index is 14.5. The zero-order chi connectivity index (χ0) is 24.6. The van der Waals surface area contributed by atoms with E-state index < -0.39 is 5.82 Å². The van der Waals surface area contributed by atoms with Gasteiger partial charge in [-0.15, -0.1) is 0 Å². The third-order valence-corrected chi connectivity index (χ3v) is 6.12. The molecule has 2 aromatic carbocycles. The van der Waals surface area contributed by atoms with Crippen LogP contribution in [0.2, 0.25) is 5.02 Å². The molecule has 35 heavy (non-hydrogen) atoms.